The molecule has 2 heterocycles. The third-order valence-electron chi connectivity index (χ3n) is 7.81. The number of rotatable bonds is 8. The number of nitrogens with one attached hydrogen (secondary N) is 1. The number of halogens is 3. The van der Waals surface area contributed by atoms with E-state index in [1.54, 1.807) is 11.8 Å². The van der Waals surface area contributed by atoms with Gasteiger partial charge >= 0.3 is 6.36 Å². The minimum atomic E-state index is -4.73. The number of para-hydroxylation sites is 1. The molecule has 3 aromatic carbocycles. The second-order valence-electron chi connectivity index (χ2n) is 10.8. The second-order valence-corrected chi connectivity index (χ2v) is 12.2. The summed E-state index contributed by atoms with van der Waals surface area (Å²) in [6.45, 7) is 6.03. The van der Waals surface area contributed by atoms with Crippen molar-refractivity contribution in [1.29, 1.82) is 0 Å². The van der Waals surface area contributed by atoms with Crippen LogP contribution >= 0.6 is 24.0 Å². The van der Waals surface area contributed by atoms with Crippen molar-refractivity contribution in [1.82, 2.24) is 20.1 Å². The molecule has 4 aromatic rings. The molecule has 0 amide bonds. The zero-order valence-corrected chi connectivity index (χ0v) is 25.8. The van der Waals surface area contributed by atoms with Crippen molar-refractivity contribution in [3.05, 3.63) is 89.7 Å². The Morgan fingerprint density at radius 3 is 2.61 bits per heavy atom. The van der Waals surface area contributed by atoms with Gasteiger partial charge in [0.15, 0.2) is 16.1 Å². The van der Waals surface area contributed by atoms with E-state index in [2.05, 4.69) is 69.2 Å². The number of aromatic nitrogens is 3. The third-order valence-corrected chi connectivity index (χ3v) is 9.00. The van der Waals surface area contributed by atoms with Crippen molar-refractivity contribution in [2.45, 2.75) is 39.0 Å². The molecule has 2 unspecified atom stereocenters. The van der Waals surface area contributed by atoms with E-state index in [-0.39, 0.29) is 5.75 Å². The largest absolute Gasteiger partial charge is 0.573 e. The highest BCUT2D eigenvalue weighted by Crippen LogP contribution is 2.47. The van der Waals surface area contributed by atoms with Crippen LogP contribution in [0.15, 0.2) is 78.0 Å². The molecule has 1 saturated heterocycles. The van der Waals surface area contributed by atoms with Gasteiger partial charge in [0.05, 0.1) is 5.69 Å². The lowest BCUT2D eigenvalue weighted by Crippen LogP contribution is -2.29. The Morgan fingerprint density at radius 1 is 1.11 bits per heavy atom. The van der Waals surface area contributed by atoms with Gasteiger partial charge in [0.25, 0.3) is 0 Å². The van der Waals surface area contributed by atoms with E-state index in [0.29, 0.717) is 28.5 Å². The van der Waals surface area contributed by atoms with Crippen LogP contribution in [0.1, 0.15) is 36.0 Å². The maximum Gasteiger partial charge on any atom is 0.573 e. The molecular weight excluding hydrogens is 606 g/mol. The normalized spacial score (nSPS) is 18.9. The molecule has 2 atom stereocenters. The lowest BCUT2D eigenvalue weighted by molar-refractivity contribution is -0.274. The number of alkyl halides is 3. The third kappa shape index (κ3) is 6.91. The second kappa shape index (κ2) is 12.6. The van der Waals surface area contributed by atoms with Gasteiger partial charge in [-0.15, -0.1) is 18.3 Å². The summed E-state index contributed by atoms with van der Waals surface area (Å²) in [4.78, 5) is 11.5. The molecule has 228 valence electrons. The number of thioether (sulfide) groups is 1. The summed E-state index contributed by atoms with van der Waals surface area (Å²) < 4.78 is 42.7. The molecule has 1 N–H and O–H groups in total. The van der Waals surface area contributed by atoms with Gasteiger partial charge in [-0.2, -0.15) is 4.99 Å². The van der Waals surface area contributed by atoms with Crippen molar-refractivity contribution >= 4 is 39.9 Å². The number of hydrogen-bond donors (Lipinski definition) is 1. The van der Waals surface area contributed by atoms with Gasteiger partial charge in [0, 0.05) is 30.1 Å². The summed E-state index contributed by atoms with van der Waals surface area (Å²) in [5.41, 5.74) is 6.51. The fourth-order valence-electron chi connectivity index (χ4n) is 5.52. The van der Waals surface area contributed by atoms with E-state index in [9.17, 15) is 13.2 Å². The molecule has 1 aliphatic heterocycles. The van der Waals surface area contributed by atoms with E-state index < -0.39 is 6.36 Å². The van der Waals surface area contributed by atoms with Crippen molar-refractivity contribution in [2.75, 3.05) is 23.7 Å². The zero-order chi connectivity index (χ0) is 30.8. The number of nitrogens with zero attached hydrogens (tertiary/aromatic N) is 5. The predicted octanol–water partition coefficient (Wildman–Crippen LogP) is 7.29. The topological polar surface area (TPSA) is 67.6 Å². The van der Waals surface area contributed by atoms with Gasteiger partial charge < -0.3 is 15.0 Å². The first-order valence-electron chi connectivity index (χ1n) is 14.4. The van der Waals surface area contributed by atoms with Gasteiger partial charge in [-0.05, 0) is 84.8 Å². The maximum absolute atomic E-state index is 12.4. The van der Waals surface area contributed by atoms with Crippen LogP contribution in [0, 0.1) is 12.8 Å². The molecule has 2 aliphatic rings. The number of aliphatic imine (C=N–C) groups is 1. The molecule has 0 bridgehead atoms. The average molecular weight is 637 g/mol. The van der Waals surface area contributed by atoms with E-state index >= 15 is 0 Å². The smallest absolute Gasteiger partial charge is 0.406 e. The quantitative estimate of drug-likeness (QED) is 0.204. The lowest BCUT2D eigenvalue weighted by Gasteiger charge is -2.23. The zero-order valence-electron chi connectivity index (χ0n) is 24.2. The Morgan fingerprint density at radius 2 is 1.89 bits per heavy atom. The van der Waals surface area contributed by atoms with Gasteiger partial charge in [0.2, 0.25) is 0 Å². The summed E-state index contributed by atoms with van der Waals surface area (Å²) in [5.74, 6) is 2.16. The van der Waals surface area contributed by atoms with Crippen LogP contribution in [-0.4, -0.2) is 50.2 Å². The summed E-state index contributed by atoms with van der Waals surface area (Å²) in [5, 5.41) is 9.35. The number of thiocarbonyl (C=S) groups is 1. The Hall–Kier alpha value is -3.90. The number of aryl methyl sites for hydroxylation is 2. The molecule has 1 aromatic heterocycles. The number of anilines is 1. The Kier molecular flexibility index (Phi) is 8.64. The van der Waals surface area contributed by atoms with Crippen LogP contribution in [-0.2, 0) is 6.42 Å². The van der Waals surface area contributed by atoms with Crippen LogP contribution in [0.5, 0.6) is 5.75 Å². The van der Waals surface area contributed by atoms with Crippen LogP contribution in [0.2, 0.25) is 0 Å². The minimum Gasteiger partial charge on any atom is -0.406 e. The lowest BCUT2D eigenvalue weighted by atomic mass is 10.0. The highest BCUT2D eigenvalue weighted by Gasteiger charge is 2.38. The highest BCUT2D eigenvalue weighted by molar-refractivity contribution is 8.14. The summed E-state index contributed by atoms with van der Waals surface area (Å²) in [6, 6.07) is 20.1. The average Bonchev–Trinajstić information content (AvgIpc) is 3.36. The standard InChI is InChI=1S/C32H31F3N6OS2/c1-3-21-6-4-5-20(2)28(21)40-15-16-44-31(40)38-30(43)36-18-24-17-27(24)22-7-9-23(10-8-22)29-37-19-41(39-29)25-11-13-26(14-12-25)42-32(33,34)35/h4-14,19,24,27H,3,15-18H2,1-2H3,(H,36,43)/b38-31-. The van der Waals surface area contributed by atoms with Crippen molar-refractivity contribution in [3.63, 3.8) is 0 Å². The molecule has 6 rings (SSSR count). The van der Waals surface area contributed by atoms with Crippen LogP contribution in [0.3, 0.4) is 0 Å². The fraction of sp³-hybridized carbons (Fsp3) is 0.312. The number of ether oxygens (including phenoxy) is 1. The van der Waals surface area contributed by atoms with Crippen LogP contribution in [0.4, 0.5) is 18.9 Å². The van der Waals surface area contributed by atoms with E-state index in [0.717, 1.165) is 42.4 Å². The SMILES string of the molecule is CCc1cccc(C)c1N1CCS/C1=N\C(=S)NCC1CC1c1ccc(-c2ncn(-c3ccc(OC(F)(F)F)cc3)n2)cc1. The summed E-state index contributed by atoms with van der Waals surface area (Å²) in [6.07, 6.45) is -1.15. The van der Waals surface area contributed by atoms with Crippen molar-refractivity contribution < 1.29 is 17.9 Å². The highest BCUT2D eigenvalue weighted by atomic mass is 32.2. The molecule has 12 heteroatoms. The molecule has 0 spiro atoms. The fourth-order valence-corrected chi connectivity index (χ4v) is 6.70. The molecule has 7 nitrogen and oxygen atoms in total. The molecule has 44 heavy (non-hydrogen) atoms. The first-order valence-corrected chi connectivity index (χ1v) is 15.8. The van der Waals surface area contributed by atoms with Gasteiger partial charge in [-0.25, -0.2) is 9.67 Å². The monoisotopic (exact) mass is 636 g/mol. The Labute approximate surface area is 263 Å². The molecule has 0 radical (unpaired) electrons. The number of amidine groups is 1. The molecular formula is C32H31F3N6OS2. The summed E-state index contributed by atoms with van der Waals surface area (Å²) >= 11 is 7.36. The summed E-state index contributed by atoms with van der Waals surface area (Å²) in [7, 11) is 0. The first kappa shape index (κ1) is 30.1. The van der Waals surface area contributed by atoms with E-state index in [1.165, 1.54) is 57.7 Å². The Bertz CT molecular complexity index is 1670. The molecule has 1 saturated carbocycles. The number of hydrogen-bond acceptors (Lipinski definition) is 5. The maximum atomic E-state index is 12.4. The van der Waals surface area contributed by atoms with E-state index in [1.807, 2.05) is 12.1 Å². The van der Waals surface area contributed by atoms with Crippen molar-refractivity contribution in [2.24, 2.45) is 10.9 Å². The molecule has 2 fully saturated rings. The van der Waals surface area contributed by atoms with Gasteiger partial charge in [0.1, 0.15) is 12.1 Å². The number of benzene rings is 3. The minimum absolute atomic E-state index is 0.288. The first-order chi connectivity index (χ1) is 21.2. The molecule has 1 aliphatic carbocycles. The predicted molar refractivity (Wildman–Crippen MR) is 173 cm³/mol. The van der Waals surface area contributed by atoms with Crippen LogP contribution in [0.25, 0.3) is 17.1 Å². The van der Waals surface area contributed by atoms with Gasteiger partial charge in [-0.1, -0.05) is 61.2 Å². The van der Waals surface area contributed by atoms with Crippen molar-refractivity contribution in [3.8, 4) is 22.8 Å². The van der Waals surface area contributed by atoms with E-state index in [4.69, 9.17) is 17.2 Å². The van der Waals surface area contributed by atoms with Crippen LogP contribution < -0.4 is 15.0 Å². The van der Waals surface area contributed by atoms with Gasteiger partial charge in [-0.3, -0.25) is 0 Å². The Balaban J connectivity index is 1.03.